The molecule has 0 spiro atoms. The summed E-state index contributed by atoms with van der Waals surface area (Å²) in [6.07, 6.45) is 3.22. The van der Waals surface area contributed by atoms with E-state index in [9.17, 15) is 4.79 Å². The summed E-state index contributed by atoms with van der Waals surface area (Å²) in [5, 5.41) is 2.72. The van der Waals surface area contributed by atoms with Crippen molar-refractivity contribution in [2.24, 2.45) is 5.73 Å². The molecule has 92 valence electrons. The minimum absolute atomic E-state index is 0.263. The van der Waals surface area contributed by atoms with E-state index in [-0.39, 0.29) is 5.91 Å². The van der Waals surface area contributed by atoms with E-state index in [1.165, 1.54) is 0 Å². The number of aromatic nitrogens is 1. The first-order valence-corrected chi connectivity index (χ1v) is 6.18. The predicted molar refractivity (Wildman–Crippen MR) is 73.9 cm³/mol. The van der Waals surface area contributed by atoms with Gasteiger partial charge in [-0.2, -0.15) is 0 Å². The van der Waals surface area contributed by atoms with E-state index in [0.29, 0.717) is 5.69 Å². The van der Waals surface area contributed by atoms with Gasteiger partial charge in [-0.05, 0) is 27.6 Å². The minimum Gasteiger partial charge on any atom is -0.323 e. The van der Waals surface area contributed by atoms with E-state index in [0.717, 1.165) is 10.0 Å². The van der Waals surface area contributed by atoms with Gasteiger partial charge in [-0.15, -0.1) is 0 Å². The highest BCUT2D eigenvalue weighted by atomic mass is 79.9. The van der Waals surface area contributed by atoms with Gasteiger partial charge in [0.25, 0.3) is 0 Å². The van der Waals surface area contributed by atoms with Crippen molar-refractivity contribution in [2.75, 3.05) is 5.32 Å². The summed E-state index contributed by atoms with van der Waals surface area (Å²) in [6, 6.07) is 10.3. The molecular formula is C13H12BrN3O. The zero-order valence-corrected chi connectivity index (χ0v) is 11.1. The van der Waals surface area contributed by atoms with E-state index in [4.69, 9.17) is 5.73 Å². The third kappa shape index (κ3) is 3.15. The van der Waals surface area contributed by atoms with Crippen molar-refractivity contribution in [3.8, 4) is 0 Å². The Bertz CT molecular complexity index is 545. The number of hydrogen-bond acceptors (Lipinski definition) is 3. The zero-order chi connectivity index (χ0) is 13.0. The molecule has 1 atom stereocenters. The third-order valence-electron chi connectivity index (χ3n) is 2.41. The number of rotatable bonds is 3. The fraction of sp³-hybridized carbons (Fsp3) is 0.0769. The zero-order valence-electron chi connectivity index (χ0n) is 9.51. The number of anilines is 1. The van der Waals surface area contributed by atoms with Gasteiger partial charge in [0, 0.05) is 10.7 Å². The lowest BCUT2D eigenvalue weighted by molar-refractivity contribution is -0.117. The minimum atomic E-state index is -0.690. The first kappa shape index (κ1) is 12.7. The Hall–Kier alpha value is -1.72. The van der Waals surface area contributed by atoms with Crippen LogP contribution in [0.25, 0.3) is 0 Å². The fourth-order valence-electron chi connectivity index (χ4n) is 1.51. The Labute approximate surface area is 113 Å². The molecule has 0 radical (unpaired) electrons. The number of nitrogens with one attached hydrogen (secondary N) is 1. The molecule has 0 aliphatic carbocycles. The van der Waals surface area contributed by atoms with Crippen molar-refractivity contribution >= 4 is 27.5 Å². The number of halogens is 1. The van der Waals surface area contributed by atoms with Crippen molar-refractivity contribution < 1.29 is 4.79 Å². The second-order valence-corrected chi connectivity index (χ2v) is 4.69. The maximum atomic E-state index is 11.9. The number of nitrogens with two attached hydrogens (primary N) is 1. The number of carbonyl (C=O) groups excluding carboxylic acids is 1. The second kappa shape index (κ2) is 5.75. The topological polar surface area (TPSA) is 68.0 Å². The van der Waals surface area contributed by atoms with Crippen LogP contribution in [0.4, 0.5) is 5.69 Å². The highest BCUT2D eigenvalue weighted by molar-refractivity contribution is 9.10. The fourth-order valence-corrected chi connectivity index (χ4v) is 1.88. The number of pyridine rings is 1. The van der Waals surface area contributed by atoms with Crippen LogP contribution in [0.2, 0.25) is 0 Å². The van der Waals surface area contributed by atoms with Crippen LogP contribution in [0.3, 0.4) is 0 Å². The first-order valence-electron chi connectivity index (χ1n) is 5.39. The van der Waals surface area contributed by atoms with Crippen LogP contribution in [0.15, 0.2) is 53.3 Å². The van der Waals surface area contributed by atoms with Crippen LogP contribution >= 0.6 is 15.9 Å². The molecule has 0 bridgehead atoms. The number of benzene rings is 1. The molecule has 1 aromatic heterocycles. The van der Waals surface area contributed by atoms with Gasteiger partial charge in [-0.1, -0.05) is 30.3 Å². The van der Waals surface area contributed by atoms with Crippen molar-refractivity contribution in [1.29, 1.82) is 0 Å². The van der Waals surface area contributed by atoms with Crippen molar-refractivity contribution in [1.82, 2.24) is 4.98 Å². The molecule has 1 amide bonds. The van der Waals surface area contributed by atoms with Gasteiger partial charge in [0.1, 0.15) is 6.04 Å². The lowest BCUT2D eigenvalue weighted by Gasteiger charge is -2.12. The van der Waals surface area contributed by atoms with Crippen LogP contribution in [-0.2, 0) is 4.79 Å². The Morgan fingerprint density at radius 1 is 1.28 bits per heavy atom. The number of carbonyl (C=O) groups is 1. The molecule has 0 saturated carbocycles. The highest BCUT2D eigenvalue weighted by Crippen LogP contribution is 2.16. The lowest BCUT2D eigenvalue weighted by Crippen LogP contribution is -2.27. The number of hydrogen-bond donors (Lipinski definition) is 2. The lowest BCUT2D eigenvalue weighted by atomic mass is 10.1. The average molecular weight is 306 g/mol. The van der Waals surface area contributed by atoms with Crippen molar-refractivity contribution in [3.63, 3.8) is 0 Å². The van der Waals surface area contributed by atoms with Crippen molar-refractivity contribution in [3.05, 3.63) is 58.8 Å². The summed E-state index contributed by atoms with van der Waals surface area (Å²) in [7, 11) is 0. The van der Waals surface area contributed by atoms with Crippen LogP contribution in [0, 0.1) is 0 Å². The van der Waals surface area contributed by atoms with Crippen molar-refractivity contribution in [2.45, 2.75) is 6.04 Å². The molecule has 4 nitrogen and oxygen atoms in total. The Morgan fingerprint density at radius 3 is 2.67 bits per heavy atom. The molecule has 1 aromatic carbocycles. The van der Waals surface area contributed by atoms with Gasteiger partial charge in [0.15, 0.2) is 0 Å². The van der Waals surface area contributed by atoms with Gasteiger partial charge in [0.05, 0.1) is 11.9 Å². The van der Waals surface area contributed by atoms with E-state index in [2.05, 4.69) is 26.2 Å². The second-order valence-electron chi connectivity index (χ2n) is 3.77. The molecule has 5 heteroatoms. The molecule has 0 saturated heterocycles. The molecule has 0 aliphatic heterocycles. The largest absolute Gasteiger partial charge is 0.323 e. The molecule has 2 rings (SSSR count). The van der Waals surface area contributed by atoms with E-state index >= 15 is 0 Å². The highest BCUT2D eigenvalue weighted by Gasteiger charge is 2.15. The molecular weight excluding hydrogens is 294 g/mol. The molecule has 1 heterocycles. The quantitative estimate of drug-likeness (QED) is 0.915. The van der Waals surface area contributed by atoms with Crippen LogP contribution in [0.5, 0.6) is 0 Å². The van der Waals surface area contributed by atoms with Crippen LogP contribution in [0.1, 0.15) is 11.6 Å². The normalized spacial score (nSPS) is 11.9. The van der Waals surface area contributed by atoms with Gasteiger partial charge in [-0.25, -0.2) is 0 Å². The van der Waals surface area contributed by atoms with E-state index < -0.39 is 6.04 Å². The van der Waals surface area contributed by atoms with Gasteiger partial charge in [-0.3, -0.25) is 9.78 Å². The SMILES string of the molecule is NC(C(=O)Nc1cncc(Br)c1)c1ccccc1. The van der Waals surface area contributed by atoms with E-state index in [1.54, 1.807) is 18.5 Å². The molecule has 0 fully saturated rings. The maximum absolute atomic E-state index is 11.9. The number of amides is 1. The molecule has 0 aliphatic rings. The Morgan fingerprint density at radius 2 is 2.00 bits per heavy atom. The van der Waals surface area contributed by atoms with Gasteiger partial charge in [0.2, 0.25) is 5.91 Å². The predicted octanol–water partition coefficient (Wildman–Crippen LogP) is 2.48. The number of nitrogens with zero attached hydrogens (tertiary/aromatic N) is 1. The molecule has 18 heavy (non-hydrogen) atoms. The van der Waals surface area contributed by atoms with Gasteiger partial charge >= 0.3 is 0 Å². The summed E-state index contributed by atoms with van der Waals surface area (Å²) in [5.41, 5.74) is 7.27. The summed E-state index contributed by atoms with van der Waals surface area (Å²) < 4.78 is 0.800. The van der Waals surface area contributed by atoms with Crippen LogP contribution < -0.4 is 11.1 Å². The summed E-state index contributed by atoms with van der Waals surface area (Å²) in [6.45, 7) is 0. The summed E-state index contributed by atoms with van der Waals surface area (Å²) in [5.74, 6) is -0.263. The smallest absolute Gasteiger partial charge is 0.245 e. The summed E-state index contributed by atoms with van der Waals surface area (Å²) in [4.78, 5) is 15.9. The Kier molecular flexibility index (Phi) is 4.07. The molecule has 2 aromatic rings. The van der Waals surface area contributed by atoms with Crippen LogP contribution in [-0.4, -0.2) is 10.9 Å². The standard InChI is InChI=1S/C13H12BrN3O/c14-10-6-11(8-16-7-10)17-13(18)12(15)9-4-2-1-3-5-9/h1-8,12H,15H2,(H,17,18). The Balaban J connectivity index is 2.09. The molecule has 1 unspecified atom stereocenters. The summed E-state index contributed by atoms with van der Waals surface area (Å²) >= 11 is 3.29. The average Bonchev–Trinajstić information content (AvgIpc) is 2.39. The van der Waals surface area contributed by atoms with Gasteiger partial charge < -0.3 is 11.1 Å². The first-order chi connectivity index (χ1) is 8.66. The monoisotopic (exact) mass is 305 g/mol. The van der Waals surface area contributed by atoms with E-state index in [1.807, 2.05) is 30.3 Å². The maximum Gasteiger partial charge on any atom is 0.245 e. The third-order valence-corrected chi connectivity index (χ3v) is 2.85. The molecule has 3 N–H and O–H groups in total.